The monoisotopic (exact) mass is 178 g/mol. The standard InChI is InChI=1S/C9H10N2O2/c1-5-9-7(12-2)3-6(10)4-8(9)13-11-5/h3-4H,10H2,1-2H3. The van der Waals surface area contributed by atoms with Crippen LogP contribution in [0.5, 0.6) is 5.75 Å². The van der Waals surface area contributed by atoms with Crippen LogP contribution in [0.2, 0.25) is 0 Å². The molecular formula is C9H10N2O2. The van der Waals surface area contributed by atoms with Crippen molar-refractivity contribution in [2.45, 2.75) is 6.92 Å². The summed E-state index contributed by atoms with van der Waals surface area (Å²) in [5, 5.41) is 4.72. The molecule has 0 amide bonds. The quantitative estimate of drug-likeness (QED) is 0.675. The predicted octanol–water partition coefficient (Wildman–Crippen LogP) is 1.73. The molecule has 0 unspecified atom stereocenters. The summed E-state index contributed by atoms with van der Waals surface area (Å²) in [6, 6.07) is 3.49. The highest BCUT2D eigenvalue weighted by molar-refractivity contribution is 5.88. The third-order valence-electron chi connectivity index (χ3n) is 1.95. The molecule has 0 radical (unpaired) electrons. The van der Waals surface area contributed by atoms with Crippen molar-refractivity contribution < 1.29 is 9.26 Å². The molecule has 2 aromatic rings. The Bertz CT molecular complexity index is 448. The van der Waals surface area contributed by atoms with Gasteiger partial charge in [-0.15, -0.1) is 0 Å². The maximum atomic E-state index is 5.64. The predicted molar refractivity (Wildman–Crippen MR) is 49.7 cm³/mol. The van der Waals surface area contributed by atoms with E-state index in [0.29, 0.717) is 17.0 Å². The molecule has 0 saturated carbocycles. The maximum absolute atomic E-state index is 5.64. The van der Waals surface area contributed by atoms with Gasteiger partial charge in [0.1, 0.15) is 5.75 Å². The zero-order chi connectivity index (χ0) is 9.42. The normalized spacial score (nSPS) is 10.6. The average Bonchev–Trinajstić information content (AvgIpc) is 2.46. The molecule has 68 valence electrons. The number of nitrogens with zero attached hydrogens (tertiary/aromatic N) is 1. The van der Waals surface area contributed by atoms with E-state index in [1.54, 1.807) is 19.2 Å². The van der Waals surface area contributed by atoms with Gasteiger partial charge in [0.25, 0.3) is 0 Å². The molecule has 2 rings (SSSR count). The fraction of sp³-hybridized carbons (Fsp3) is 0.222. The molecule has 0 aliphatic carbocycles. The van der Waals surface area contributed by atoms with Crippen LogP contribution in [-0.4, -0.2) is 12.3 Å². The molecule has 13 heavy (non-hydrogen) atoms. The summed E-state index contributed by atoms with van der Waals surface area (Å²) in [5.74, 6) is 0.703. The van der Waals surface area contributed by atoms with E-state index in [-0.39, 0.29) is 0 Å². The molecule has 0 aliphatic rings. The summed E-state index contributed by atoms with van der Waals surface area (Å²) < 4.78 is 10.2. The Labute approximate surface area is 75.3 Å². The lowest BCUT2D eigenvalue weighted by atomic mass is 10.2. The van der Waals surface area contributed by atoms with Crippen molar-refractivity contribution in [1.29, 1.82) is 0 Å². The summed E-state index contributed by atoms with van der Waals surface area (Å²) >= 11 is 0. The third kappa shape index (κ3) is 1.11. The second-order valence-electron chi connectivity index (χ2n) is 2.86. The third-order valence-corrected chi connectivity index (χ3v) is 1.95. The Balaban J connectivity index is 2.85. The van der Waals surface area contributed by atoms with Gasteiger partial charge in [-0.05, 0) is 6.92 Å². The summed E-state index contributed by atoms with van der Waals surface area (Å²) in [6.07, 6.45) is 0. The summed E-state index contributed by atoms with van der Waals surface area (Å²) in [6.45, 7) is 1.87. The lowest BCUT2D eigenvalue weighted by Gasteiger charge is -2.01. The zero-order valence-electron chi connectivity index (χ0n) is 7.50. The van der Waals surface area contributed by atoms with E-state index >= 15 is 0 Å². The van der Waals surface area contributed by atoms with Crippen LogP contribution in [-0.2, 0) is 0 Å². The van der Waals surface area contributed by atoms with E-state index in [1.165, 1.54) is 0 Å². The van der Waals surface area contributed by atoms with Crippen molar-refractivity contribution in [3.8, 4) is 5.75 Å². The number of ether oxygens (including phenoxy) is 1. The molecule has 4 nitrogen and oxygen atoms in total. The molecule has 1 heterocycles. The molecule has 0 atom stereocenters. The van der Waals surface area contributed by atoms with E-state index in [9.17, 15) is 0 Å². The minimum atomic E-state index is 0.612. The van der Waals surface area contributed by atoms with Crippen LogP contribution in [0.4, 0.5) is 5.69 Å². The van der Waals surface area contributed by atoms with Crippen LogP contribution >= 0.6 is 0 Å². The number of nitrogen functional groups attached to an aromatic ring is 1. The summed E-state index contributed by atoms with van der Waals surface area (Å²) in [5.41, 5.74) is 7.73. The van der Waals surface area contributed by atoms with Gasteiger partial charge in [-0.1, -0.05) is 5.16 Å². The van der Waals surface area contributed by atoms with Crippen molar-refractivity contribution in [1.82, 2.24) is 5.16 Å². The Morgan fingerprint density at radius 3 is 2.92 bits per heavy atom. The minimum absolute atomic E-state index is 0.612. The fourth-order valence-electron chi connectivity index (χ4n) is 1.36. The molecule has 1 aromatic heterocycles. The number of hydrogen-bond acceptors (Lipinski definition) is 4. The average molecular weight is 178 g/mol. The largest absolute Gasteiger partial charge is 0.496 e. The number of benzene rings is 1. The lowest BCUT2D eigenvalue weighted by molar-refractivity contribution is 0.419. The number of hydrogen-bond donors (Lipinski definition) is 1. The molecular weight excluding hydrogens is 168 g/mol. The molecule has 0 bridgehead atoms. The number of rotatable bonds is 1. The Morgan fingerprint density at radius 2 is 2.23 bits per heavy atom. The number of aryl methyl sites for hydroxylation is 1. The molecule has 0 aliphatic heterocycles. The van der Waals surface area contributed by atoms with Crippen LogP contribution in [0.3, 0.4) is 0 Å². The maximum Gasteiger partial charge on any atom is 0.172 e. The van der Waals surface area contributed by atoms with Crippen molar-refractivity contribution in [3.63, 3.8) is 0 Å². The first-order valence-corrected chi connectivity index (χ1v) is 3.92. The second-order valence-corrected chi connectivity index (χ2v) is 2.86. The fourth-order valence-corrected chi connectivity index (χ4v) is 1.36. The SMILES string of the molecule is COc1cc(N)cc2onc(C)c12. The Hall–Kier alpha value is -1.71. The van der Waals surface area contributed by atoms with Gasteiger partial charge < -0.3 is 15.0 Å². The number of aromatic nitrogens is 1. The van der Waals surface area contributed by atoms with E-state index in [0.717, 1.165) is 11.1 Å². The number of nitrogens with two attached hydrogens (primary N) is 1. The van der Waals surface area contributed by atoms with Crippen LogP contribution in [0.25, 0.3) is 11.0 Å². The van der Waals surface area contributed by atoms with E-state index in [2.05, 4.69) is 5.16 Å². The van der Waals surface area contributed by atoms with Gasteiger partial charge in [-0.2, -0.15) is 0 Å². The van der Waals surface area contributed by atoms with E-state index in [1.807, 2.05) is 6.92 Å². The van der Waals surface area contributed by atoms with Gasteiger partial charge in [-0.25, -0.2) is 0 Å². The van der Waals surface area contributed by atoms with Gasteiger partial charge in [0.2, 0.25) is 0 Å². The second kappa shape index (κ2) is 2.65. The van der Waals surface area contributed by atoms with Crippen LogP contribution in [0, 0.1) is 6.92 Å². The number of anilines is 1. The van der Waals surface area contributed by atoms with Gasteiger partial charge in [0, 0.05) is 17.8 Å². The van der Waals surface area contributed by atoms with Crippen molar-refractivity contribution in [3.05, 3.63) is 17.8 Å². The van der Waals surface area contributed by atoms with Gasteiger partial charge >= 0.3 is 0 Å². The van der Waals surface area contributed by atoms with E-state index < -0.39 is 0 Å². The van der Waals surface area contributed by atoms with Crippen molar-refractivity contribution >= 4 is 16.7 Å². The summed E-state index contributed by atoms with van der Waals surface area (Å²) in [7, 11) is 1.60. The van der Waals surface area contributed by atoms with Gasteiger partial charge in [0.15, 0.2) is 5.58 Å². The topological polar surface area (TPSA) is 61.3 Å². The molecule has 4 heteroatoms. The first-order valence-electron chi connectivity index (χ1n) is 3.92. The molecule has 2 N–H and O–H groups in total. The Kier molecular flexibility index (Phi) is 1.62. The zero-order valence-corrected chi connectivity index (χ0v) is 7.50. The number of fused-ring (bicyclic) bond motifs is 1. The van der Waals surface area contributed by atoms with Crippen LogP contribution in [0.15, 0.2) is 16.7 Å². The van der Waals surface area contributed by atoms with Crippen molar-refractivity contribution in [2.24, 2.45) is 0 Å². The highest BCUT2D eigenvalue weighted by Gasteiger charge is 2.10. The van der Waals surface area contributed by atoms with E-state index in [4.69, 9.17) is 15.0 Å². The van der Waals surface area contributed by atoms with Crippen LogP contribution < -0.4 is 10.5 Å². The van der Waals surface area contributed by atoms with Gasteiger partial charge in [-0.3, -0.25) is 0 Å². The molecule has 1 aromatic carbocycles. The van der Waals surface area contributed by atoms with Gasteiger partial charge in [0.05, 0.1) is 18.2 Å². The first-order chi connectivity index (χ1) is 6.22. The smallest absolute Gasteiger partial charge is 0.172 e. The highest BCUT2D eigenvalue weighted by Crippen LogP contribution is 2.30. The lowest BCUT2D eigenvalue weighted by Crippen LogP contribution is -1.89. The molecule has 0 saturated heterocycles. The molecule has 0 spiro atoms. The minimum Gasteiger partial charge on any atom is -0.496 e. The van der Waals surface area contributed by atoms with Crippen LogP contribution in [0.1, 0.15) is 5.69 Å². The number of methoxy groups -OCH3 is 1. The first kappa shape index (κ1) is 7.91. The van der Waals surface area contributed by atoms with Crippen molar-refractivity contribution in [2.75, 3.05) is 12.8 Å². The molecule has 0 fully saturated rings. The highest BCUT2D eigenvalue weighted by atomic mass is 16.5. The Morgan fingerprint density at radius 1 is 1.46 bits per heavy atom. The summed E-state index contributed by atoms with van der Waals surface area (Å²) in [4.78, 5) is 0.